The summed E-state index contributed by atoms with van der Waals surface area (Å²) >= 11 is 0. The van der Waals surface area contributed by atoms with Gasteiger partial charge in [-0.3, -0.25) is 0 Å². The summed E-state index contributed by atoms with van der Waals surface area (Å²) in [6.07, 6.45) is 6.22. The predicted molar refractivity (Wildman–Crippen MR) is 60.7 cm³/mol. The van der Waals surface area contributed by atoms with Gasteiger partial charge in [-0.15, -0.1) is 0 Å². The molecule has 0 aromatic carbocycles. The van der Waals surface area contributed by atoms with Crippen molar-refractivity contribution in [1.82, 2.24) is 10.3 Å². The number of ether oxygens (including phenoxy) is 1. The lowest BCUT2D eigenvalue weighted by molar-refractivity contribution is -0.0630. The summed E-state index contributed by atoms with van der Waals surface area (Å²) in [5.41, 5.74) is 1.35. The molecule has 84 valence electrons. The van der Waals surface area contributed by atoms with Crippen LogP contribution in [0.1, 0.15) is 32.3 Å². The van der Waals surface area contributed by atoms with Crippen LogP contribution in [0.2, 0.25) is 0 Å². The van der Waals surface area contributed by atoms with Gasteiger partial charge in [0, 0.05) is 31.6 Å². The van der Waals surface area contributed by atoms with E-state index in [-0.39, 0.29) is 5.60 Å². The highest BCUT2D eigenvalue weighted by Gasteiger charge is 2.28. The first-order chi connectivity index (χ1) is 7.16. The van der Waals surface area contributed by atoms with E-state index in [1.807, 2.05) is 12.4 Å². The van der Waals surface area contributed by atoms with Gasteiger partial charge in [0.1, 0.15) is 0 Å². The van der Waals surface area contributed by atoms with Crippen LogP contribution in [-0.2, 0) is 11.3 Å². The molecule has 1 fully saturated rings. The van der Waals surface area contributed by atoms with Crippen LogP contribution in [0.5, 0.6) is 0 Å². The lowest BCUT2D eigenvalue weighted by Crippen LogP contribution is -2.43. The molecule has 1 unspecified atom stereocenters. The Kier molecular flexibility index (Phi) is 3.12. The van der Waals surface area contributed by atoms with Crippen molar-refractivity contribution in [3.8, 4) is 0 Å². The highest BCUT2D eigenvalue weighted by Crippen LogP contribution is 2.23. The van der Waals surface area contributed by atoms with Crippen LogP contribution < -0.4 is 5.32 Å². The maximum Gasteiger partial charge on any atom is 0.0641 e. The van der Waals surface area contributed by atoms with Crippen LogP contribution in [0.4, 0.5) is 0 Å². The fourth-order valence-electron chi connectivity index (χ4n) is 2.14. The molecule has 15 heavy (non-hydrogen) atoms. The van der Waals surface area contributed by atoms with Crippen molar-refractivity contribution in [2.75, 3.05) is 6.61 Å². The van der Waals surface area contributed by atoms with E-state index in [2.05, 4.69) is 30.2 Å². The Morgan fingerprint density at radius 1 is 1.60 bits per heavy atom. The fourth-order valence-corrected chi connectivity index (χ4v) is 2.14. The summed E-state index contributed by atoms with van der Waals surface area (Å²) in [5.74, 6) is 0. The van der Waals surface area contributed by atoms with Gasteiger partial charge in [0.2, 0.25) is 0 Å². The van der Waals surface area contributed by atoms with E-state index in [9.17, 15) is 0 Å². The van der Waals surface area contributed by atoms with Crippen molar-refractivity contribution in [1.29, 1.82) is 0 Å². The molecule has 0 saturated carbocycles. The Bertz CT molecular complexity index is 293. The SMILES string of the molecule is CC1(C)CC(NCc2cc[nH]c2)CCO1. The molecule has 1 saturated heterocycles. The highest BCUT2D eigenvalue weighted by atomic mass is 16.5. The minimum atomic E-state index is 0.0358. The molecule has 2 heterocycles. The molecule has 0 aliphatic carbocycles. The van der Waals surface area contributed by atoms with Gasteiger partial charge in [-0.2, -0.15) is 0 Å². The Morgan fingerprint density at radius 3 is 3.13 bits per heavy atom. The number of aromatic nitrogens is 1. The van der Waals surface area contributed by atoms with Crippen LogP contribution >= 0.6 is 0 Å². The zero-order valence-electron chi connectivity index (χ0n) is 9.55. The number of nitrogens with one attached hydrogen (secondary N) is 2. The molecular formula is C12H20N2O. The maximum atomic E-state index is 5.69. The highest BCUT2D eigenvalue weighted by molar-refractivity contribution is 5.07. The fraction of sp³-hybridized carbons (Fsp3) is 0.667. The minimum absolute atomic E-state index is 0.0358. The first-order valence-electron chi connectivity index (χ1n) is 5.65. The summed E-state index contributed by atoms with van der Waals surface area (Å²) in [6, 6.07) is 2.70. The molecule has 3 nitrogen and oxygen atoms in total. The first-order valence-corrected chi connectivity index (χ1v) is 5.65. The maximum absolute atomic E-state index is 5.69. The topological polar surface area (TPSA) is 37.0 Å². The van der Waals surface area contributed by atoms with Crippen molar-refractivity contribution >= 4 is 0 Å². The quantitative estimate of drug-likeness (QED) is 0.798. The molecule has 3 heteroatoms. The summed E-state index contributed by atoms with van der Waals surface area (Å²) < 4.78 is 5.69. The third kappa shape index (κ3) is 3.08. The number of hydrogen-bond donors (Lipinski definition) is 2. The van der Waals surface area contributed by atoms with Gasteiger partial charge in [0.15, 0.2) is 0 Å². The van der Waals surface area contributed by atoms with Gasteiger partial charge in [-0.1, -0.05) is 0 Å². The second-order valence-corrected chi connectivity index (χ2v) is 4.90. The lowest BCUT2D eigenvalue weighted by Gasteiger charge is -2.35. The van der Waals surface area contributed by atoms with Gasteiger partial charge in [0.05, 0.1) is 5.60 Å². The van der Waals surface area contributed by atoms with Crippen molar-refractivity contribution in [2.45, 2.75) is 44.9 Å². The smallest absolute Gasteiger partial charge is 0.0641 e. The van der Waals surface area contributed by atoms with Gasteiger partial charge in [-0.25, -0.2) is 0 Å². The standard InChI is InChI=1S/C12H20N2O/c1-12(2)7-11(4-6-15-12)14-9-10-3-5-13-8-10/h3,5,8,11,13-14H,4,6-7,9H2,1-2H3. The van der Waals surface area contributed by atoms with Crippen LogP contribution in [0.15, 0.2) is 18.5 Å². The first kappa shape index (κ1) is 10.7. The normalized spacial score (nSPS) is 25.3. The summed E-state index contributed by atoms with van der Waals surface area (Å²) in [4.78, 5) is 3.07. The second-order valence-electron chi connectivity index (χ2n) is 4.90. The molecule has 1 atom stereocenters. The lowest BCUT2D eigenvalue weighted by atomic mass is 9.94. The van der Waals surface area contributed by atoms with Crippen molar-refractivity contribution < 1.29 is 4.74 Å². The number of hydrogen-bond acceptors (Lipinski definition) is 2. The minimum Gasteiger partial charge on any atom is -0.375 e. The van der Waals surface area contributed by atoms with Gasteiger partial charge in [-0.05, 0) is 38.3 Å². The number of rotatable bonds is 3. The number of aromatic amines is 1. The van der Waals surface area contributed by atoms with Crippen LogP contribution in [0.25, 0.3) is 0 Å². The van der Waals surface area contributed by atoms with Crippen LogP contribution in [0.3, 0.4) is 0 Å². The molecule has 1 aliphatic heterocycles. The van der Waals surface area contributed by atoms with E-state index >= 15 is 0 Å². The van der Waals surface area contributed by atoms with E-state index in [1.165, 1.54) is 5.56 Å². The average molecular weight is 208 g/mol. The number of H-pyrrole nitrogens is 1. The van der Waals surface area contributed by atoms with Gasteiger partial charge < -0.3 is 15.0 Å². The molecule has 2 N–H and O–H groups in total. The molecule has 2 rings (SSSR count). The summed E-state index contributed by atoms with van der Waals surface area (Å²) in [5, 5.41) is 3.58. The van der Waals surface area contributed by atoms with E-state index in [1.54, 1.807) is 0 Å². The Labute approximate surface area is 91.2 Å². The zero-order chi connectivity index (χ0) is 10.7. The monoisotopic (exact) mass is 208 g/mol. The molecule has 1 aromatic heterocycles. The van der Waals surface area contributed by atoms with E-state index < -0.39 is 0 Å². The third-order valence-electron chi connectivity index (χ3n) is 2.95. The molecular weight excluding hydrogens is 188 g/mol. The summed E-state index contributed by atoms with van der Waals surface area (Å²) in [7, 11) is 0. The molecule has 0 spiro atoms. The van der Waals surface area contributed by atoms with Crippen LogP contribution in [-0.4, -0.2) is 23.2 Å². The van der Waals surface area contributed by atoms with E-state index in [0.29, 0.717) is 6.04 Å². The van der Waals surface area contributed by atoms with E-state index in [0.717, 1.165) is 26.0 Å². The molecule has 1 aliphatic rings. The zero-order valence-corrected chi connectivity index (χ0v) is 9.55. The van der Waals surface area contributed by atoms with Gasteiger partial charge >= 0.3 is 0 Å². The third-order valence-corrected chi connectivity index (χ3v) is 2.95. The second kappa shape index (κ2) is 4.37. The summed E-state index contributed by atoms with van der Waals surface area (Å²) in [6.45, 7) is 6.15. The van der Waals surface area contributed by atoms with Crippen LogP contribution in [0, 0.1) is 0 Å². The Hall–Kier alpha value is -0.800. The van der Waals surface area contributed by atoms with Crippen molar-refractivity contribution in [3.05, 3.63) is 24.0 Å². The Balaban J connectivity index is 1.80. The van der Waals surface area contributed by atoms with Crippen molar-refractivity contribution in [3.63, 3.8) is 0 Å². The molecule has 0 amide bonds. The van der Waals surface area contributed by atoms with E-state index in [4.69, 9.17) is 4.74 Å². The predicted octanol–water partition coefficient (Wildman–Crippen LogP) is 2.06. The molecule has 0 bridgehead atoms. The molecule has 0 radical (unpaired) electrons. The largest absolute Gasteiger partial charge is 0.375 e. The van der Waals surface area contributed by atoms with Gasteiger partial charge in [0.25, 0.3) is 0 Å². The Morgan fingerprint density at radius 2 is 2.47 bits per heavy atom. The average Bonchev–Trinajstić information content (AvgIpc) is 2.65. The molecule has 1 aromatic rings. The van der Waals surface area contributed by atoms with Crippen molar-refractivity contribution in [2.24, 2.45) is 0 Å².